The lowest BCUT2D eigenvalue weighted by Crippen LogP contribution is -2.17. The Bertz CT molecular complexity index is 388. The molecule has 0 aromatic heterocycles. The van der Waals surface area contributed by atoms with Gasteiger partial charge in [-0.25, -0.2) is 0 Å². The molecule has 0 aromatic carbocycles. The highest BCUT2D eigenvalue weighted by Crippen LogP contribution is 2.13. The molecule has 0 fully saturated rings. The van der Waals surface area contributed by atoms with Crippen molar-refractivity contribution in [2.24, 2.45) is 0 Å². The molecule has 0 saturated carbocycles. The summed E-state index contributed by atoms with van der Waals surface area (Å²) in [6.07, 6.45) is 20.1. The second kappa shape index (κ2) is 22.6. The minimum Gasteiger partial charge on any atom is -0.466 e. The van der Waals surface area contributed by atoms with Gasteiger partial charge in [0.25, 0.3) is 0 Å². The van der Waals surface area contributed by atoms with Crippen LogP contribution >= 0.6 is 0 Å². The van der Waals surface area contributed by atoms with Crippen LogP contribution in [0.5, 0.6) is 0 Å². The van der Waals surface area contributed by atoms with Crippen LogP contribution in [0.1, 0.15) is 143 Å². The number of hydrogen-bond donors (Lipinski definition) is 0. The van der Waals surface area contributed by atoms with Gasteiger partial charge in [-0.2, -0.15) is 0 Å². The van der Waals surface area contributed by atoms with Crippen LogP contribution in [-0.4, -0.2) is 24.6 Å². The lowest BCUT2D eigenvalue weighted by molar-refractivity contribution is -0.150. The van der Waals surface area contributed by atoms with Crippen LogP contribution in [0.3, 0.4) is 0 Å². The van der Waals surface area contributed by atoms with E-state index >= 15 is 0 Å². The molecule has 0 aliphatic heterocycles. The van der Waals surface area contributed by atoms with Crippen LogP contribution in [0.15, 0.2) is 0 Å². The van der Waals surface area contributed by atoms with Gasteiger partial charge in [-0.1, -0.05) is 97.8 Å². The van der Waals surface area contributed by atoms with Gasteiger partial charge in [0.15, 0.2) is 0 Å². The first-order valence-corrected chi connectivity index (χ1v) is 13.0. The quantitative estimate of drug-likeness (QED) is 0.130. The van der Waals surface area contributed by atoms with E-state index in [9.17, 15) is 9.59 Å². The molecular formula is C26H50O4. The number of esters is 2. The largest absolute Gasteiger partial charge is 0.466 e. The number of hydrogen-bond acceptors (Lipinski definition) is 4. The molecule has 30 heavy (non-hydrogen) atoms. The van der Waals surface area contributed by atoms with Crippen LogP contribution in [0, 0.1) is 0 Å². The Morgan fingerprint density at radius 3 is 1.57 bits per heavy atom. The highest BCUT2D eigenvalue weighted by Gasteiger charge is 2.12. The Balaban J connectivity index is 3.42. The summed E-state index contributed by atoms with van der Waals surface area (Å²) < 4.78 is 10.9. The van der Waals surface area contributed by atoms with E-state index in [-0.39, 0.29) is 18.0 Å². The summed E-state index contributed by atoms with van der Waals surface area (Å²) in [5.74, 6) is -0.0805. The predicted octanol–water partition coefficient (Wildman–Crippen LogP) is 7.91. The molecule has 0 spiro atoms. The Hall–Kier alpha value is -1.06. The van der Waals surface area contributed by atoms with E-state index in [1.807, 2.05) is 0 Å². The third-order valence-corrected chi connectivity index (χ3v) is 5.54. The normalized spacial score (nSPS) is 11.1. The van der Waals surface area contributed by atoms with Gasteiger partial charge in [-0.3, -0.25) is 9.59 Å². The van der Waals surface area contributed by atoms with Gasteiger partial charge in [0.1, 0.15) is 6.10 Å². The first-order chi connectivity index (χ1) is 14.6. The van der Waals surface area contributed by atoms with E-state index in [1.54, 1.807) is 0 Å². The van der Waals surface area contributed by atoms with Gasteiger partial charge >= 0.3 is 11.9 Å². The highest BCUT2D eigenvalue weighted by molar-refractivity contribution is 5.69. The molecule has 0 bridgehead atoms. The van der Waals surface area contributed by atoms with Crippen molar-refractivity contribution in [3.05, 3.63) is 0 Å². The van der Waals surface area contributed by atoms with E-state index in [4.69, 9.17) is 9.47 Å². The predicted molar refractivity (Wildman–Crippen MR) is 126 cm³/mol. The van der Waals surface area contributed by atoms with Crippen molar-refractivity contribution in [3.8, 4) is 0 Å². The smallest absolute Gasteiger partial charge is 0.306 e. The first kappa shape index (κ1) is 28.9. The van der Waals surface area contributed by atoms with E-state index in [0.29, 0.717) is 19.4 Å². The van der Waals surface area contributed by atoms with E-state index in [1.165, 1.54) is 38.5 Å². The molecule has 0 aromatic rings. The first-order valence-electron chi connectivity index (χ1n) is 13.0. The number of carbonyl (C=O) groups is 2. The standard InChI is InChI=1S/C26H50O4/c1-4-7-8-9-12-15-18-23-29-25(27)21-16-13-10-11-14-17-22-26(28)30-24(19-5-2)20-6-3/h24H,4-23H2,1-3H3. The van der Waals surface area contributed by atoms with E-state index in [2.05, 4.69) is 20.8 Å². The van der Waals surface area contributed by atoms with Crippen LogP contribution < -0.4 is 0 Å². The second-order valence-corrected chi connectivity index (χ2v) is 8.65. The van der Waals surface area contributed by atoms with Gasteiger partial charge in [0, 0.05) is 12.8 Å². The fourth-order valence-electron chi connectivity index (χ4n) is 3.71. The Labute approximate surface area is 186 Å². The highest BCUT2D eigenvalue weighted by atomic mass is 16.5. The summed E-state index contributed by atoms with van der Waals surface area (Å²) in [6.45, 7) is 7.08. The monoisotopic (exact) mass is 426 g/mol. The van der Waals surface area contributed by atoms with Crippen LogP contribution in [0.4, 0.5) is 0 Å². The zero-order chi connectivity index (χ0) is 22.3. The summed E-state index contributed by atoms with van der Waals surface area (Å²) in [5, 5.41) is 0. The minimum atomic E-state index is -0.0440. The molecule has 0 unspecified atom stereocenters. The average molecular weight is 427 g/mol. The number of unbranched alkanes of at least 4 members (excludes halogenated alkanes) is 11. The van der Waals surface area contributed by atoms with Crippen LogP contribution in [0.2, 0.25) is 0 Å². The third kappa shape index (κ3) is 20.2. The zero-order valence-electron chi connectivity index (χ0n) is 20.4. The maximum atomic E-state index is 11.9. The Kier molecular flexibility index (Phi) is 21.8. The molecule has 0 heterocycles. The molecule has 0 aliphatic carbocycles. The SMILES string of the molecule is CCCCCCCCCOC(=O)CCCCCCCCC(=O)OC(CCC)CCC. The fourth-order valence-corrected chi connectivity index (χ4v) is 3.71. The van der Waals surface area contributed by atoms with Gasteiger partial charge < -0.3 is 9.47 Å². The summed E-state index contributed by atoms with van der Waals surface area (Å²) in [7, 11) is 0. The van der Waals surface area contributed by atoms with Gasteiger partial charge in [-0.15, -0.1) is 0 Å². The third-order valence-electron chi connectivity index (χ3n) is 5.54. The summed E-state index contributed by atoms with van der Waals surface area (Å²) in [5.41, 5.74) is 0. The molecule has 0 aliphatic rings. The van der Waals surface area contributed by atoms with Crippen LogP contribution in [0.25, 0.3) is 0 Å². The minimum absolute atomic E-state index is 0.0365. The van der Waals surface area contributed by atoms with Crippen molar-refractivity contribution < 1.29 is 19.1 Å². The molecular weight excluding hydrogens is 376 g/mol. The zero-order valence-corrected chi connectivity index (χ0v) is 20.4. The van der Waals surface area contributed by atoms with Crippen molar-refractivity contribution in [3.63, 3.8) is 0 Å². The Morgan fingerprint density at radius 2 is 1.03 bits per heavy atom. The van der Waals surface area contributed by atoms with Crippen molar-refractivity contribution >= 4 is 11.9 Å². The van der Waals surface area contributed by atoms with Crippen LogP contribution in [-0.2, 0) is 19.1 Å². The summed E-state index contributed by atoms with van der Waals surface area (Å²) in [6, 6.07) is 0. The lowest BCUT2D eigenvalue weighted by Gasteiger charge is -2.16. The Morgan fingerprint density at radius 1 is 0.567 bits per heavy atom. The number of rotatable bonds is 22. The topological polar surface area (TPSA) is 52.6 Å². The fraction of sp³-hybridized carbons (Fsp3) is 0.923. The molecule has 0 radical (unpaired) electrons. The average Bonchev–Trinajstić information content (AvgIpc) is 2.72. The molecule has 178 valence electrons. The molecule has 4 heteroatoms. The molecule has 0 N–H and O–H groups in total. The van der Waals surface area contributed by atoms with Gasteiger partial charge in [0.2, 0.25) is 0 Å². The summed E-state index contributed by atoms with van der Waals surface area (Å²) in [4.78, 5) is 23.7. The van der Waals surface area contributed by atoms with E-state index in [0.717, 1.165) is 70.6 Å². The van der Waals surface area contributed by atoms with Gasteiger partial charge in [-0.05, 0) is 32.1 Å². The van der Waals surface area contributed by atoms with Crippen molar-refractivity contribution in [2.75, 3.05) is 6.61 Å². The molecule has 0 rings (SSSR count). The second-order valence-electron chi connectivity index (χ2n) is 8.65. The van der Waals surface area contributed by atoms with Gasteiger partial charge in [0.05, 0.1) is 6.61 Å². The molecule has 0 atom stereocenters. The maximum Gasteiger partial charge on any atom is 0.306 e. The lowest BCUT2D eigenvalue weighted by atomic mass is 10.1. The van der Waals surface area contributed by atoms with Crippen molar-refractivity contribution in [1.82, 2.24) is 0 Å². The number of ether oxygens (including phenoxy) is 2. The molecule has 4 nitrogen and oxygen atoms in total. The molecule has 0 amide bonds. The van der Waals surface area contributed by atoms with Crippen molar-refractivity contribution in [1.29, 1.82) is 0 Å². The number of carbonyl (C=O) groups excluding carboxylic acids is 2. The van der Waals surface area contributed by atoms with Crippen molar-refractivity contribution in [2.45, 2.75) is 149 Å². The molecule has 0 saturated heterocycles. The maximum absolute atomic E-state index is 11.9. The summed E-state index contributed by atoms with van der Waals surface area (Å²) >= 11 is 0. The van der Waals surface area contributed by atoms with E-state index < -0.39 is 0 Å².